The van der Waals surface area contributed by atoms with Gasteiger partial charge in [0, 0.05) is 23.6 Å². The molecule has 1 aromatic rings. The van der Waals surface area contributed by atoms with Crippen LogP contribution in [0, 0.1) is 5.92 Å². The highest BCUT2D eigenvalue weighted by atomic mass is 79.9. The maximum absolute atomic E-state index is 6.01. The summed E-state index contributed by atoms with van der Waals surface area (Å²) in [7, 11) is 4.42. The summed E-state index contributed by atoms with van der Waals surface area (Å²) >= 11 is 3.49. The van der Waals surface area contributed by atoms with Crippen molar-refractivity contribution in [2.45, 2.75) is 18.9 Å². The maximum Gasteiger partial charge on any atom is 0.0467 e. The van der Waals surface area contributed by atoms with Crippen LogP contribution in [-0.2, 0) is 0 Å². The SMILES string of the molecule is CN1CCC(CN(C)C(CN)c2ccc(Br)cc2)CC1. The molecule has 1 aromatic carbocycles. The Hall–Kier alpha value is -0.420. The van der Waals surface area contributed by atoms with Gasteiger partial charge in [-0.2, -0.15) is 0 Å². The van der Waals surface area contributed by atoms with Crippen LogP contribution < -0.4 is 5.73 Å². The van der Waals surface area contributed by atoms with E-state index in [1.807, 2.05) is 0 Å². The van der Waals surface area contributed by atoms with E-state index in [4.69, 9.17) is 5.73 Å². The molecule has 0 radical (unpaired) electrons. The van der Waals surface area contributed by atoms with E-state index in [1.165, 1.54) is 31.5 Å². The lowest BCUT2D eigenvalue weighted by molar-refractivity contribution is 0.151. The number of halogens is 1. The fraction of sp³-hybridized carbons (Fsp3) is 0.625. The van der Waals surface area contributed by atoms with Gasteiger partial charge >= 0.3 is 0 Å². The van der Waals surface area contributed by atoms with Crippen LogP contribution in [0.1, 0.15) is 24.4 Å². The molecule has 112 valence electrons. The van der Waals surface area contributed by atoms with E-state index in [0.717, 1.165) is 16.9 Å². The summed E-state index contributed by atoms with van der Waals surface area (Å²) in [6.45, 7) is 4.27. The molecule has 1 atom stereocenters. The lowest BCUT2D eigenvalue weighted by Gasteiger charge is -2.35. The summed E-state index contributed by atoms with van der Waals surface area (Å²) in [5.74, 6) is 0.806. The fourth-order valence-corrected chi connectivity index (χ4v) is 3.30. The van der Waals surface area contributed by atoms with Gasteiger partial charge in [-0.15, -0.1) is 0 Å². The zero-order valence-electron chi connectivity index (χ0n) is 12.6. The fourth-order valence-electron chi connectivity index (χ4n) is 3.03. The van der Waals surface area contributed by atoms with Crippen LogP contribution in [0.5, 0.6) is 0 Å². The Morgan fingerprint density at radius 1 is 1.30 bits per heavy atom. The van der Waals surface area contributed by atoms with Crippen molar-refractivity contribution in [3.8, 4) is 0 Å². The number of hydrogen-bond acceptors (Lipinski definition) is 3. The normalized spacial score (nSPS) is 19.4. The largest absolute Gasteiger partial charge is 0.329 e. The number of likely N-dealkylation sites (N-methyl/N-ethyl adjacent to an activating group) is 1. The van der Waals surface area contributed by atoms with Crippen molar-refractivity contribution in [2.24, 2.45) is 11.7 Å². The number of nitrogens with two attached hydrogens (primary N) is 1. The van der Waals surface area contributed by atoms with Gasteiger partial charge in [-0.05, 0) is 63.6 Å². The Balaban J connectivity index is 1.95. The number of benzene rings is 1. The van der Waals surface area contributed by atoms with Gasteiger partial charge in [0.25, 0.3) is 0 Å². The minimum absolute atomic E-state index is 0.322. The second-order valence-electron chi connectivity index (χ2n) is 5.99. The minimum atomic E-state index is 0.322. The molecule has 20 heavy (non-hydrogen) atoms. The van der Waals surface area contributed by atoms with Crippen LogP contribution in [0.15, 0.2) is 28.7 Å². The van der Waals surface area contributed by atoms with Crippen molar-refractivity contribution < 1.29 is 0 Å². The first-order chi connectivity index (χ1) is 9.60. The van der Waals surface area contributed by atoms with Crippen LogP contribution in [0.4, 0.5) is 0 Å². The number of rotatable bonds is 5. The minimum Gasteiger partial charge on any atom is -0.329 e. The molecule has 1 aliphatic rings. The highest BCUT2D eigenvalue weighted by molar-refractivity contribution is 9.10. The molecular weight excluding hydrogens is 314 g/mol. The van der Waals surface area contributed by atoms with E-state index in [0.29, 0.717) is 12.6 Å². The van der Waals surface area contributed by atoms with Gasteiger partial charge in [-0.3, -0.25) is 4.90 Å². The molecule has 0 bridgehead atoms. The Labute approximate surface area is 131 Å². The van der Waals surface area contributed by atoms with Gasteiger partial charge in [0.2, 0.25) is 0 Å². The van der Waals surface area contributed by atoms with Crippen LogP contribution in [-0.4, -0.2) is 50.1 Å². The molecule has 2 rings (SSSR count). The first-order valence-corrected chi connectivity index (χ1v) is 8.23. The van der Waals surface area contributed by atoms with Crippen LogP contribution in [0.3, 0.4) is 0 Å². The first kappa shape index (κ1) is 16.0. The van der Waals surface area contributed by atoms with Crippen molar-refractivity contribution in [3.05, 3.63) is 34.3 Å². The zero-order valence-corrected chi connectivity index (χ0v) is 14.1. The van der Waals surface area contributed by atoms with Gasteiger partial charge in [-0.25, -0.2) is 0 Å². The quantitative estimate of drug-likeness (QED) is 0.895. The van der Waals surface area contributed by atoms with E-state index in [2.05, 4.69) is 64.1 Å². The Kier molecular flexibility index (Phi) is 6.02. The summed E-state index contributed by atoms with van der Waals surface area (Å²) in [5, 5.41) is 0. The van der Waals surface area contributed by atoms with Crippen molar-refractivity contribution in [1.82, 2.24) is 9.80 Å². The average molecular weight is 340 g/mol. The molecule has 3 nitrogen and oxygen atoms in total. The molecule has 0 aliphatic carbocycles. The molecular formula is C16H26BrN3. The molecule has 1 heterocycles. The summed E-state index contributed by atoms with van der Waals surface area (Å²) in [6, 6.07) is 8.87. The first-order valence-electron chi connectivity index (χ1n) is 7.44. The smallest absolute Gasteiger partial charge is 0.0467 e. The van der Waals surface area contributed by atoms with Crippen molar-refractivity contribution >= 4 is 15.9 Å². The summed E-state index contributed by atoms with van der Waals surface area (Å²) in [6.07, 6.45) is 2.61. The predicted molar refractivity (Wildman–Crippen MR) is 88.8 cm³/mol. The van der Waals surface area contributed by atoms with Crippen LogP contribution in [0.2, 0.25) is 0 Å². The molecule has 0 aromatic heterocycles. The van der Waals surface area contributed by atoms with Crippen molar-refractivity contribution in [1.29, 1.82) is 0 Å². The molecule has 0 saturated carbocycles. The Bertz CT molecular complexity index is 399. The lowest BCUT2D eigenvalue weighted by Crippen LogP contribution is -2.38. The highest BCUT2D eigenvalue weighted by Crippen LogP contribution is 2.24. The van der Waals surface area contributed by atoms with Gasteiger partial charge in [-0.1, -0.05) is 28.1 Å². The maximum atomic E-state index is 6.01. The third-order valence-electron chi connectivity index (χ3n) is 4.39. The summed E-state index contributed by atoms with van der Waals surface area (Å²) in [5.41, 5.74) is 7.32. The second kappa shape index (κ2) is 7.55. The summed E-state index contributed by atoms with van der Waals surface area (Å²) < 4.78 is 1.12. The van der Waals surface area contributed by atoms with Crippen molar-refractivity contribution in [3.63, 3.8) is 0 Å². The van der Waals surface area contributed by atoms with Gasteiger partial charge in [0.1, 0.15) is 0 Å². The Morgan fingerprint density at radius 2 is 1.90 bits per heavy atom. The molecule has 0 amide bonds. The molecule has 1 unspecified atom stereocenters. The number of hydrogen-bond donors (Lipinski definition) is 1. The van der Waals surface area contributed by atoms with E-state index < -0.39 is 0 Å². The third kappa shape index (κ3) is 4.29. The van der Waals surface area contributed by atoms with Gasteiger partial charge in [0.05, 0.1) is 0 Å². The van der Waals surface area contributed by atoms with E-state index in [1.54, 1.807) is 0 Å². The molecule has 0 spiro atoms. The van der Waals surface area contributed by atoms with Gasteiger partial charge < -0.3 is 10.6 Å². The highest BCUT2D eigenvalue weighted by Gasteiger charge is 2.22. The number of likely N-dealkylation sites (tertiary alicyclic amines) is 1. The van der Waals surface area contributed by atoms with Crippen LogP contribution >= 0.6 is 15.9 Å². The van der Waals surface area contributed by atoms with Crippen molar-refractivity contribution in [2.75, 3.05) is 40.3 Å². The third-order valence-corrected chi connectivity index (χ3v) is 4.92. The molecule has 2 N–H and O–H groups in total. The van der Waals surface area contributed by atoms with Gasteiger partial charge in [0.15, 0.2) is 0 Å². The standard InChI is InChI=1S/C16H26BrN3/c1-19-9-7-13(8-10-19)12-20(2)16(11-18)14-3-5-15(17)6-4-14/h3-6,13,16H,7-12,18H2,1-2H3. The molecule has 4 heteroatoms. The molecule has 1 saturated heterocycles. The predicted octanol–water partition coefficient (Wildman–Crippen LogP) is 2.72. The average Bonchev–Trinajstić information content (AvgIpc) is 2.44. The number of piperidine rings is 1. The van der Waals surface area contributed by atoms with E-state index in [9.17, 15) is 0 Å². The second-order valence-corrected chi connectivity index (χ2v) is 6.90. The number of nitrogens with zero attached hydrogens (tertiary/aromatic N) is 2. The Morgan fingerprint density at radius 3 is 2.45 bits per heavy atom. The van der Waals surface area contributed by atoms with Crippen LogP contribution in [0.25, 0.3) is 0 Å². The van der Waals surface area contributed by atoms with E-state index >= 15 is 0 Å². The lowest BCUT2D eigenvalue weighted by atomic mass is 9.95. The monoisotopic (exact) mass is 339 g/mol. The molecule has 1 fully saturated rings. The topological polar surface area (TPSA) is 32.5 Å². The molecule has 1 aliphatic heterocycles. The van der Waals surface area contributed by atoms with E-state index in [-0.39, 0.29) is 0 Å². The summed E-state index contributed by atoms with van der Waals surface area (Å²) in [4.78, 5) is 4.85. The zero-order chi connectivity index (χ0) is 14.5.